The zero-order chi connectivity index (χ0) is 14.1. The lowest BCUT2D eigenvalue weighted by Crippen LogP contribution is -2.34. The largest absolute Gasteiger partial charge is 0.290 e. The first-order valence-electron chi connectivity index (χ1n) is 4.44. The number of hydrogen-bond acceptors (Lipinski definition) is 5. The lowest BCUT2D eigenvalue weighted by Gasteiger charge is -2.16. The van der Waals surface area contributed by atoms with Crippen LogP contribution in [0.4, 0.5) is 5.69 Å². The van der Waals surface area contributed by atoms with Gasteiger partial charge in [0.2, 0.25) is 5.78 Å². The quantitative estimate of drug-likeness (QED) is 0.252. The Balaban J connectivity index is 3.17. The SMILES string of the molecule is CS(=O)(=O)[C@](Cl)(I)C(=O)c1ccc([N+](=O)[O-])cc1. The van der Waals surface area contributed by atoms with Gasteiger partial charge in [0.15, 0.2) is 9.84 Å². The van der Waals surface area contributed by atoms with Crippen LogP contribution in [0.1, 0.15) is 10.4 Å². The first-order valence-corrected chi connectivity index (χ1v) is 7.79. The Morgan fingerprint density at radius 2 is 1.83 bits per heavy atom. The second kappa shape index (κ2) is 5.10. The zero-order valence-electron chi connectivity index (χ0n) is 8.96. The molecule has 6 nitrogen and oxygen atoms in total. The number of carbonyl (C=O) groups excluding carboxylic acids is 1. The molecule has 0 aliphatic carbocycles. The third kappa shape index (κ3) is 2.98. The lowest BCUT2D eigenvalue weighted by molar-refractivity contribution is -0.384. The highest BCUT2D eigenvalue weighted by Gasteiger charge is 2.44. The summed E-state index contributed by atoms with van der Waals surface area (Å²) in [5, 5.41) is 10.4. The van der Waals surface area contributed by atoms with Crippen LogP contribution in [0.25, 0.3) is 0 Å². The van der Waals surface area contributed by atoms with Crippen LogP contribution < -0.4 is 0 Å². The van der Waals surface area contributed by atoms with Crippen molar-refractivity contribution in [3.63, 3.8) is 0 Å². The maximum absolute atomic E-state index is 11.9. The summed E-state index contributed by atoms with van der Waals surface area (Å²) in [5.41, 5.74) is -0.199. The van der Waals surface area contributed by atoms with Gasteiger partial charge in [-0.25, -0.2) is 8.42 Å². The van der Waals surface area contributed by atoms with Crippen molar-refractivity contribution in [1.29, 1.82) is 0 Å². The molecule has 98 valence electrons. The van der Waals surface area contributed by atoms with E-state index in [-0.39, 0.29) is 11.3 Å². The molecule has 0 heterocycles. The Labute approximate surface area is 122 Å². The molecule has 18 heavy (non-hydrogen) atoms. The summed E-state index contributed by atoms with van der Waals surface area (Å²) in [4.78, 5) is 21.7. The Bertz CT molecular complexity index is 596. The summed E-state index contributed by atoms with van der Waals surface area (Å²) in [5.74, 6) is -0.831. The molecule has 9 heteroatoms. The molecule has 0 fully saturated rings. The number of halogens is 2. The molecule has 0 spiro atoms. The Morgan fingerprint density at radius 3 is 2.17 bits per heavy atom. The summed E-state index contributed by atoms with van der Waals surface area (Å²) in [6, 6.07) is 4.56. The van der Waals surface area contributed by atoms with Crippen LogP contribution in [-0.2, 0) is 9.84 Å². The maximum atomic E-state index is 11.9. The van der Waals surface area contributed by atoms with E-state index < -0.39 is 22.8 Å². The lowest BCUT2D eigenvalue weighted by atomic mass is 10.1. The number of hydrogen-bond donors (Lipinski definition) is 0. The van der Waals surface area contributed by atoms with E-state index in [2.05, 4.69) is 0 Å². The van der Waals surface area contributed by atoms with Gasteiger partial charge in [0.25, 0.3) is 7.90 Å². The molecule has 0 unspecified atom stereocenters. The standard InChI is InChI=1S/C9H7ClINO5S/c1-18(16,17)9(10,11)8(13)6-2-4-7(5-3-6)12(14)15/h2-5H,1H3/t9-/m1/s1. The van der Waals surface area contributed by atoms with Gasteiger partial charge in [-0.1, -0.05) is 11.6 Å². The summed E-state index contributed by atoms with van der Waals surface area (Å²) in [7, 11) is -3.81. The van der Waals surface area contributed by atoms with Crippen molar-refractivity contribution in [3.05, 3.63) is 39.9 Å². The normalized spacial score (nSPS) is 14.8. The average Bonchev–Trinajstić information content (AvgIpc) is 2.26. The molecule has 1 aromatic rings. The van der Waals surface area contributed by atoms with E-state index in [1.165, 1.54) is 34.7 Å². The van der Waals surface area contributed by atoms with Crippen LogP contribution in [0.3, 0.4) is 0 Å². The number of benzene rings is 1. The van der Waals surface area contributed by atoms with E-state index in [1.54, 1.807) is 0 Å². The predicted octanol–water partition coefficient (Wildman–Crippen LogP) is 2.15. The van der Waals surface area contributed by atoms with Crippen molar-refractivity contribution in [1.82, 2.24) is 0 Å². The molecule has 0 saturated heterocycles. The molecule has 0 radical (unpaired) electrons. The summed E-state index contributed by atoms with van der Waals surface area (Å²) in [6.07, 6.45) is 0.843. The molecule has 0 N–H and O–H groups in total. The van der Waals surface area contributed by atoms with Gasteiger partial charge in [0.1, 0.15) is 0 Å². The van der Waals surface area contributed by atoms with E-state index in [1.807, 2.05) is 0 Å². The van der Waals surface area contributed by atoms with Crippen molar-refractivity contribution in [2.45, 2.75) is 2.21 Å². The number of carbonyl (C=O) groups is 1. The van der Waals surface area contributed by atoms with Crippen LogP contribution in [-0.4, -0.2) is 27.6 Å². The number of alkyl halides is 2. The highest BCUT2D eigenvalue weighted by Crippen LogP contribution is 2.34. The molecule has 0 amide bonds. The van der Waals surface area contributed by atoms with E-state index >= 15 is 0 Å². The first kappa shape index (κ1) is 15.3. The number of non-ortho nitro benzene ring substituents is 1. The highest BCUT2D eigenvalue weighted by atomic mass is 127. The fourth-order valence-electron chi connectivity index (χ4n) is 1.07. The van der Waals surface area contributed by atoms with Crippen LogP contribution >= 0.6 is 34.2 Å². The van der Waals surface area contributed by atoms with Crippen molar-refractivity contribution in [2.75, 3.05) is 6.26 Å². The number of nitro groups is 1. The topological polar surface area (TPSA) is 94.3 Å². The van der Waals surface area contributed by atoms with E-state index in [0.717, 1.165) is 18.4 Å². The fraction of sp³-hybridized carbons (Fsp3) is 0.222. The van der Waals surface area contributed by atoms with Gasteiger partial charge in [-0.15, -0.1) is 0 Å². The minimum Gasteiger partial charge on any atom is -0.290 e. The zero-order valence-corrected chi connectivity index (χ0v) is 12.7. The third-order valence-electron chi connectivity index (χ3n) is 2.07. The number of Topliss-reactive ketones (excluding diaryl/α,β-unsaturated/α-hetero) is 1. The molecule has 0 aliphatic heterocycles. The molecule has 1 aromatic carbocycles. The Hall–Kier alpha value is -0.740. The van der Waals surface area contributed by atoms with Crippen molar-refractivity contribution < 1.29 is 18.1 Å². The minimum absolute atomic E-state index is 0.00424. The number of nitro benzene ring substituents is 1. The third-order valence-corrected chi connectivity index (χ3v) is 7.09. The Kier molecular flexibility index (Phi) is 4.34. The molecule has 1 atom stereocenters. The monoisotopic (exact) mass is 403 g/mol. The van der Waals surface area contributed by atoms with E-state index in [4.69, 9.17) is 11.6 Å². The van der Waals surface area contributed by atoms with Crippen molar-refractivity contribution >= 4 is 55.5 Å². The molecule has 0 saturated carbocycles. The van der Waals surface area contributed by atoms with Crippen LogP contribution in [0.2, 0.25) is 0 Å². The smallest absolute Gasteiger partial charge is 0.269 e. The van der Waals surface area contributed by atoms with Gasteiger partial charge in [-0.2, -0.15) is 0 Å². The molecule has 1 rings (SSSR count). The van der Waals surface area contributed by atoms with Crippen molar-refractivity contribution in [3.8, 4) is 0 Å². The Morgan fingerprint density at radius 1 is 1.39 bits per heavy atom. The maximum Gasteiger partial charge on any atom is 0.269 e. The molecule has 0 aromatic heterocycles. The highest BCUT2D eigenvalue weighted by molar-refractivity contribution is 14.1. The van der Waals surface area contributed by atoms with Gasteiger partial charge >= 0.3 is 0 Å². The van der Waals surface area contributed by atoms with Crippen LogP contribution in [0.5, 0.6) is 0 Å². The summed E-state index contributed by atoms with van der Waals surface area (Å²) >= 11 is 7.04. The van der Waals surface area contributed by atoms with E-state index in [9.17, 15) is 23.3 Å². The fourth-order valence-corrected chi connectivity index (χ4v) is 1.95. The number of rotatable bonds is 4. The van der Waals surface area contributed by atoms with Gasteiger partial charge in [-0.05, 0) is 34.7 Å². The first-order chi connectivity index (χ1) is 8.07. The molecule has 0 bridgehead atoms. The second-order valence-corrected chi connectivity index (χ2v) is 9.36. The van der Waals surface area contributed by atoms with Crippen LogP contribution in [0, 0.1) is 10.1 Å². The molecular formula is C9H7ClINO5S. The molecule has 0 aliphatic rings. The number of nitrogens with zero attached hydrogens (tertiary/aromatic N) is 1. The van der Waals surface area contributed by atoms with E-state index in [0.29, 0.717) is 0 Å². The minimum atomic E-state index is -3.81. The number of sulfone groups is 1. The molecular weight excluding hydrogens is 397 g/mol. The van der Waals surface area contributed by atoms with Gasteiger partial charge in [0.05, 0.1) is 4.92 Å². The van der Waals surface area contributed by atoms with Gasteiger partial charge < -0.3 is 0 Å². The summed E-state index contributed by atoms with van der Waals surface area (Å²) in [6.45, 7) is 0. The van der Waals surface area contributed by atoms with Crippen LogP contribution in [0.15, 0.2) is 24.3 Å². The predicted molar refractivity (Wildman–Crippen MR) is 74.9 cm³/mol. The van der Waals surface area contributed by atoms with Gasteiger partial charge in [0, 0.05) is 24.0 Å². The number of ketones is 1. The summed E-state index contributed by atoms with van der Waals surface area (Å²) < 4.78 is 20.6. The second-order valence-electron chi connectivity index (χ2n) is 3.42. The average molecular weight is 404 g/mol. The van der Waals surface area contributed by atoms with Crippen molar-refractivity contribution in [2.24, 2.45) is 0 Å². The van der Waals surface area contributed by atoms with Gasteiger partial charge in [-0.3, -0.25) is 14.9 Å².